The van der Waals surface area contributed by atoms with E-state index in [4.69, 9.17) is 27.9 Å². The van der Waals surface area contributed by atoms with Gasteiger partial charge in [-0.2, -0.15) is 0 Å². The molecule has 0 radical (unpaired) electrons. The largest absolute Gasteiger partial charge is 0.451 e. The predicted molar refractivity (Wildman–Crippen MR) is 101 cm³/mol. The van der Waals surface area contributed by atoms with Crippen LogP contribution in [0.3, 0.4) is 0 Å². The maximum atomic E-state index is 12.4. The second kappa shape index (κ2) is 10.2. The van der Waals surface area contributed by atoms with Crippen LogP contribution in [0, 0.1) is 5.92 Å². The number of amides is 2. The van der Waals surface area contributed by atoms with E-state index in [9.17, 15) is 14.4 Å². The van der Waals surface area contributed by atoms with E-state index in [0.29, 0.717) is 5.02 Å². The van der Waals surface area contributed by atoms with E-state index in [-0.39, 0.29) is 23.0 Å². The number of carbonyl (C=O) groups excluding carboxylic acids is 3. The highest BCUT2D eigenvalue weighted by Gasteiger charge is 2.29. The van der Waals surface area contributed by atoms with Crippen molar-refractivity contribution in [1.29, 1.82) is 0 Å². The predicted octanol–water partition coefficient (Wildman–Crippen LogP) is 2.98. The van der Waals surface area contributed by atoms with Crippen LogP contribution in [-0.2, 0) is 14.3 Å². The number of esters is 1. The monoisotopic (exact) mass is 400 g/mol. The van der Waals surface area contributed by atoms with Gasteiger partial charge in [0.15, 0.2) is 6.10 Å². The van der Waals surface area contributed by atoms with E-state index in [2.05, 4.69) is 17.2 Å². The van der Waals surface area contributed by atoms with Crippen LogP contribution >= 0.6 is 23.2 Å². The normalized spacial score (nSPS) is 12.8. The van der Waals surface area contributed by atoms with Gasteiger partial charge in [-0.25, -0.2) is 4.79 Å². The lowest BCUT2D eigenvalue weighted by Gasteiger charge is -2.23. The van der Waals surface area contributed by atoms with Crippen molar-refractivity contribution >= 4 is 41.0 Å². The summed E-state index contributed by atoms with van der Waals surface area (Å²) in [6, 6.07) is 3.49. The average Bonchev–Trinajstić information content (AvgIpc) is 2.56. The van der Waals surface area contributed by atoms with E-state index in [1.54, 1.807) is 13.8 Å². The molecule has 142 valence electrons. The van der Waals surface area contributed by atoms with Gasteiger partial charge in [0.1, 0.15) is 6.04 Å². The zero-order chi connectivity index (χ0) is 19.9. The number of ether oxygens (including phenoxy) is 1. The third-order valence-electron chi connectivity index (χ3n) is 3.47. The molecule has 26 heavy (non-hydrogen) atoms. The van der Waals surface area contributed by atoms with Gasteiger partial charge in [-0.05, 0) is 31.0 Å². The van der Waals surface area contributed by atoms with Gasteiger partial charge in [0, 0.05) is 11.6 Å². The van der Waals surface area contributed by atoms with Gasteiger partial charge in [-0.1, -0.05) is 43.1 Å². The van der Waals surface area contributed by atoms with Gasteiger partial charge >= 0.3 is 5.97 Å². The minimum absolute atomic E-state index is 0.169. The fraction of sp³-hybridized carbons (Fsp3) is 0.389. The van der Waals surface area contributed by atoms with E-state index < -0.39 is 29.9 Å². The zero-order valence-electron chi connectivity index (χ0n) is 14.8. The van der Waals surface area contributed by atoms with Crippen LogP contribution in [0.25, 0.3) is 0 Å². The molecule has 6 nitrogen and oxygen atoms in total. The number of hydrogen-bond donors (Lipinski definition) is 2. The Labute approximate surface area is 162 Å². The first-order chi connectivity index (χ1) is 12.2. The van der Waals surface area contributed by atoms with Gasteiger partial charge in [-0.15, -0.1) is 6.58 Å². The standard InChI is InChI=1S/C18H22Cl2N2O4/c1-5-8-21-16(23)11(4)26-18(25)15(10(2)3)22-17(24)13-7-6-12(19)9-14(13)20/h5-7,9-11,15H,1,8H2,2-4H3,(H,21,23)(H,22,24)/t11-,15-/m0/s1. The second-order valence-electron chi connectivity index (χ2n) is 5.93. The molecule has 0 saturated heterocycles. The van der Waals surface area contributed by atoms with Crippen molar-refractivity contribution in [3.8, 4) is 0 Å². The summed E-state index contributed by atoms with van der Waals surface area (Å²) in [6.07, 6.45) is 0.513. The highest BCUT2D eigenvalue weighted by atomic mass is 35.5. The Balaban J connectivity index is 2.81. The summed E-state index contributed by atoms with van der Waals surface area (Å²) in [7, 11) is 0. The first-order valence-corrected chi connectivity index (χ1v) is 8.78. The summed E-state index contributed by atoms with van der Waals surface area (Å²) >= 11 is 11.8. The molecule has 0 unspecified atom stereocenters. The molecule has 1 aromatic carbocycles. The Morgan fingerprint density at radius 2 is 1.88 bits per heavy atom. The third kappa shape index (κ3) is 6.35. The quantitative estimate of drug-likeness (QED) is 0.518. The molecule has 2 N–H and O–H groups in total. The first kappa shape index (κ1) is 22.0. The molecular weight excluding hydrogens is 379 g/mol. The molecule has 0 bridgehead atoms. The lowest BCUT2D eigenvalue weighted by molar-refractivity contribution is -0.157. The van der Waals surface area contributed by atoms with Crippen LogP contribution in [0.15, 0.2) is 30.9 Å². The lowest BCUT2D eigenvalue weighted by Crippen LogP contribution is -2.47. The van der Waals surface area contributed by atoms with Crippen LogP contribution in [0.5, 0.6) is 0 Å². The average molecular weight is 401 g/mol. The molecule has 0 aliphatic rings. The number of hydrogen-bond acceptors (Lipinski definition) is 4. The maximum absolute atomic E-state index is 12.4. The molecule has 0 aliphatic heterocycles. The fourth-order valence-corrected chi connectivity index (χ4v) is 2.50. The Morgan fingerprint density at radius 3 is 2.42 bits per heavy atom. The van der Waals surface area contributed by atoms with Gasteiger partial charge in [0.2, 0.25) is 0 Å². The SMILES string of the molecule is C=CCNC(=O)[C@H](C)OC(=O)[C@@H](NC(=O)c1ccc(Cl)cc1Cl)C(C)C. The van der Waals surface area contributed by atoms with E-state index >= 15 is 0 Å². The number of benzene rings is 1. The van der Waals surface area contributed by atoms with Gasteiger partial charge in [0.05, 0.1) is 10.6 Å². The molecule has 0 aromatic heterocycles. The molecule has 2 amide bonds. The summed E-state index contributed by atoms with van der Waals surface area (Å²) in [5.41, 5.74) is 0.186. The molecule has 1 rings (SSSR count). The van der Waals surface area contributed by atoms with Gasteiger partial charge < -0.3 is 15.4 Å². The number of halogens is 2. The Kier molecular flexibility index (Phi) is 8.61. The summed E-state index contributed by atoms with van der Waals surface area (Å²) in [5.74, 6) is -1.96. The molecule has 0 saturated carbocycles. The maximum Gasteiger partial charge on any atom is 0.329 e. The second-order valence-corrected chi connectivity index (χ2v) is 6.78. The van der Waals surface area contributed by atoms with Crippen molar-refractivity contribution < 1.29 is 19.1 Å². The molecule has 0 heterocycles. The summed E-state index contributed by atoms with van der Waals surface area (Å²) in [4.78, 5) is 36.6. The molecular formula is C18H22Cl2N2O4. The zero-order valence-corrected chi connectivity index (χ0v) is 16.4. The van der Waals surface area contributed by atoms with Crippen LogP contribution < -0.4 is 10.6 Å². The number of carbonyl (C=O) groups is 3. The van der Waals surface area contributed by atoms with E-state index in [1.807, 2.05) is 0 Å². The first-order valence-electron chi connectivity index (χ1n) is 8.02. The van der Waals surface area contributed by atoms with Crippen LogP contribution in [0.1, 0.15) is 31.1 Å². The van der Waals surface area contributed by atoms with Crippen molar-refractivity contribution in [2.75, 3.05) is 6.54 Å². The highest BCUT2D eigenvalue weighted by Crippen LogP contribution is 2.21. The third-order valence-corrected chi connectivity index (χ3v) is 4.01. The molecule has 1 aromatic rings. The smallest absolute Gasteiger partial charge is 0.329 e. The van der Waals surface area contributed by atoms with Crippen LogP contribution in [0.2, 0.25) is 10.0 Å². The highest BCUT2D eigenvalue weighted by molar-refractivity contribution is 6.36. The van der Waals surface area contributed by atoms with Crippen molar-refractivity contribution in [1.82, 2.24) is 10.6 Å². The Bertz CT molecular complexity index is 692. The molecule has 0 fully saturated rings. The van der Waals surface area contributed by atoms with Crippen molar-refractivity contribution in [3.63, 3.8) is 0 Å². The Hall–Kier alpha value is -2.05. The summed E-state index contributed by atoms with van der Waals surface area (Å²) in [6.45, 7) is 8.70. The summed E-state index contributed by atoms with van der Waals surface area (Å²) < 4.78 is 5.16. The lowest BCUT2D eigenvalue weighted by atomic mass is 10.0. The van der Waals surface area contributed by atoms with E-state index in [0.717, 1.165) is 0 Å². The van der Waals surface area contributed by atoms with Crippen molar-refractivity contribution in [2.24, 2.45) is 5.92 Å². The van der Waals surface area contributed by atoms with Gasteiger partial charge in [-0.3, -0.25) is 9.59 Å². The topological polar surface area (TPSA) is 84.5 Å². The van der Waals surface area contributed by atoms with E-state index in [1.165, 1.54) is 31.2 Å². The summed E-state index contributed by atoms with van der Waals surface area (Å²) in [5, 5.41) is 5.69. The van der Waals surface area contributed by atoms with Gasteiger partial charge in [0.25, 0.3) is 11.8 Å². The molecule has 0 spiro atoms. The minimum atomic E-state index is -1.00. The van der Waals surface area contributed by atoms with Crippen LogP contribution in [-0.4, -0.2) is 36.5 Å². The van der Waals surface area contributed by atoms with Crippen molar-refractivity contribution in [2.45, 2.75) is 32.9 Å². The molecule has 8 heteroatoms. The minimum Gasteiger partial charge on any atom is -0.451 e. The molecule has 0 aliphatic carbocycles. The van der Waals surface area contributed by atoms with Crippen molar-refractivity contribution in [3.05, 3.63) is 46.5 Å². The Morgan fingerprint density at radius 1 is 1.23 bits per heavy atom. The van der Waals surface area contributed by atoms with Crippen LogP contribution in [0.4, 0.5) is 0 Å². The number of rotatable bonds is 8. The fourth-order valence-electron chi connectivity index (χ4n) is 2.01. The number of nitrogens with one attached hydrogen (secondary N) is 2. The molecule has 2 atom stereocenters.